The third kappa shape index (κ3) is 5.47. The summed E-state index contributed by atoms with van der Waals surface area (Å²) in [6, 6.07) is 11.2. The van der Waals surface area contributed by atoms with Crippen LogP contribution >= 0.6 is 0 Å². The predicted molar refractivity (Wildman–Crippen MR) is 157 cm³/mol. The molecule has 4 aromatic rings. The third-order valence-corrected chi connectivity index (χ3v) is 7.64. The molecule has 2 atom stereocenters. The number of amides is 1. The quantitative estimate of drug-likeness (QED) is 0.272. The van der Waals surface area contributed by atoms with Gasteiger partial charge in [-0.05, 0) is 95.0 Å². The van der Waals surface area contributed by atoms with E-state index < -0.39 is 0 Å². The van der Waals surface area contributed by atoms with Crippen molar-refractivity contribution >= 4 is 22.6 Å². The molecule has 4 heterocycles. The molecule has 2 unspecified atom stereocenters. The molecule has 4 N–H and O–H groups in total. The van der Waals surface area contributed by atoms with E-state index in [-0.39, 0.29) is 24.1 Å². The van der Waals surface area contributed by atoms with Crippen molar-refractivity contribution < 1.29 is 4.79 Å². The van der Waals surface area contributed by atoms with Crippen molar-refractivity contribution in [2.45, 2.75) is 72.6 Å². The fourth-order valence-electron chi connectivity index (χ4n) is 5.63. The second-order valence-corrected chi connectivity index (χ2v) is 11.2. The van der Waals surface area contributed by atoms with Crippen LogP contribution in [0, 0.1) is 20.8 Å². The van der Waals surface area contributed by atoms with E-state index in [0.717, 1.165) is 57.6 Å². The van der Waals surface area contributed by atoms with Gasteiger partial charge < -0.3 is 25.5 Å². The normalized spacial score (nSPS) is 17.2. The average Bonchev–Trinajstić information content (AvgIpc) is 3.45. The maximum atomic E-state index is 13.6. The van der Waals surface area contributed by atoms with Crippen LogP contribution < -0.4 is 21.5 Å². The van der Waals surface area contributed by atoms with E-state index in [4.69, 9.17) is 0 Å². The zero-order valence-electron chi connectivity index (χ0n) is 23.6. The highest BCUT2D eigenvalue weighted by Gasteiger charge is 2.21. The number of carbonyl (C=O) groups excluding carboxylic acids is 1. The molecule has 1 amide bonds. The molecule has 39 heavy (non-hydrogen) atoms. The predicted octanol–water partition coefficient (Wildman–Crippen LogP) is 4.99. The van der Waals surface area contributed by atoms with Crippen LogP contribution in [0.2, 0.25) is 0 Å². The summed E-state index contributed by atoms with van der Waals surface area (Å²) in [5.74, 6) is 0.638. The molecule has 3 aromatic heterocycles. The lowest BCUT2D eigenvalue weighted by Crippen LogP contribution is -2.28. The highest BCUT2D eigenvalue weighted by molar-refractivity contribution is 6.09. The van der Waals surface area contributed by atoms with E-state index in [9.17, 15) is 9.59 Å². The number of rotatable bonds is 7. The molecule has 1 aliphatic heterocycles. The second-order valence-electron chi connectivity index (χ2n) is 11.2. The summed E-state index contributed by atoms with van der Waals surface area (Å²) in [7, 11) is 0. The van der Waals surface area contributed by atoms with Crippen molar-refractivity contribution in [3.8, 4) is 11.1 Å². The molecule has 0 saturated carbocycles. The summed E-state index contributed by atoms with van der Waals surface area (Å²) >= 11 is 0. The molecule has 0 aliphatic carbocycles. The smallest absolute Gasteiger partial charge is 0.253 e. The lowest BCUT2D eigenvalue weighted by Gasteiger charge is -2.15. The van der Waals surface area contributed by atoms with Crippen LogP contribution in [0.15, 0.2) is 47.5 Å². The first-order valence-electron chi connectivity index (χ1n) is 13.7. The van der Waals surface area contributed by atoms with Crippen LogP contribution in [0.4, 0.5) is 5.82 Å². The van der Waals surface area contributed by atoms with Gasteiger partial charge in [0.1, 0.15) is 5.82 Å². The van der Waals surface area contributed by atoms with Gasteiger partial charge in [-0.15, -0.1) is 0 Å². The Balaban J connectivity index is 1.49. The highest BCUT2D eigenvalue weighted by atomic mass is 16.1. The van der Waals surface area contributed by atoms with Gasteiger partial charge in [0.2, 0.25) is 0 Å². The zero-order chi connectivity index (χ0) is 27.8. The van der Waals surface area contributed by atoms with E-state index in [1.807, 2.05) is 45.2 Å². The Morgan fingerprint density at radius 1 is 1.13 bits per heavy atom. The maximum absolute atomic E-state index is 13.6. The first-order valence-corrected chi connectivity index (χ1v) is 13.7. The Hall–Kier alpha value is -3.91. The SMILES string of the molecule is Cc1cc(C)c(CNC(=O)c2cc(-c3ccc(NC4CNC(C)C4)nc3)cc3c2c(C)cn3C(C)C)c(=O)[nH]1. The van der Waals surface area contributed by atoms with Crippen LogP contribution in [0.3, 0.4) is 0 Å². The Kier molecular flexibility index (Phi) is 7.32. The number of nitrogens with one attached hydrogen (secondary N) is 4. The minimum atomic E-state index is -0.208. The van der Waals surface area contributed by atoms with Crippen molar-refractivity contribution in [2.75, 3.05) is 11.9 Å². The molecule has 8 nitrogen and oxygen atoms in total. The zero-order valence-corrected chi connectivity index (χ0v) is 23.6. The van der Waals surface area contributed by atoms with Crippen LogP contribution in [-0.4, -0.2) is 39.1 Å². The van der Waals surface area contributed by atoms with Crippen LogP contribution in [-0.2, 0) is 6.54 Å². The number of aryl methyl sites for hydroxylation is 3. The largest absolute Gasteiger partial charge is 0.366 e. The van der Waals surface area contributed by atoms with Crippen molar-refractivity contribution in [3.63, 3.8) is 0 Å². The maximum Gasteiger partial charge on any atom is 0.253 e. The molecular weight excluding hydrogens is 488 g/mol. The summed E-state index contributed by atoms with van der Waals surface area (Å²) in [4.78, 5) is 33.7. The van der Waals surface area contributed by atoms with Crippen molar-refractivity contribution in [1.82, 2.24) is 25.2 Å². The number of benzene rings is 1. The van der Waals surface area contributed by atoms with Crippen LogP contribution in [0.25, 0.3) is 22.0 Å². The van der Waals surface area contributed by atoms with E-state index >= 15 is 0 Å². The fraction of sp³-hybridized carbons (Fsp3) is 0.387. The van der Waals surface area contributed by atoms with E-state index in [1.54, 1.807) is 0 Å². The average molecular weight is 527 g/mol. The third-order valence-electron chi connectivity index (χ3n) is 7.64. The number of anilines is 1. The van der Waals surface area contributed by atoms with Crippen LogP contribution in [0.5, 0.6) is 0 Å². The molecule has 204 valence electrons. The van der Waals surface area contributed by atoms with E-state index in [1.165, 1.54) is 0 Å². The number of fused-ring (bicyclic) bond motifs is 1. The van der Waals surface area contributed by atoms with E-state index in [2.05, 4.69) is 69.6 Å². The van der Waals surface area contributed by atoms with Crippen molar-refractivity contribution in [2.24, 2.45) is 0 Å². The van der Waals surface area contributed by atoms with E-state index in [0.29, 0.717) is 23.2 Å². The molecule has 5 rings (SSSR count). The summed E-state index contributed by atoms with van der Waals surface area (Å²) in [6.45, 7) is 13.3. The molecule has 8 heteroatoms. The highest BCUT2D eigenvalue weighted by Crippen LogP contribution is 2.33. The number of carbonyl (C=O) groups is 1. The molecule has 1 aromatic carbocycles. The molecule has 0 spiro atoms. The Labute approximate surface area is 229 Å². The Morgan fingerprint density at radius 2 is 1.92 bits per heavy atom. The number of hydrogen-bond acceptors (Lipinski definition) is 5. The molecular formula is C31H38N6O2. The van der Waals surface area contributed by atoms with Gasteiger partial charge in [-0.1, -0.05) is 0 Å². The van der Waals surface area contributed by atoms with Crippen LogP contribution in [0.1, 0.15) is 66.0 Å². The standard InChI is InChI=1S/C31H38N6O2/c1-17(2)37-16-19(4)29-25(30(38)34-15-26-18(3)9-21(6)35-31(26)39)11-23(12-27(29)37)22-7-8-28(33-13-22)36-24-10-20(5)32-14-24/h7-9,11-13,16-17,20,24,32H,10,14-15H2,1-6H3,(H,33,36)(H,34,38)(H,35,39). The minimum absolute atomic E-state index is 0.159. The van der Waals surface area contributed by atoms with Crippen molar-refractivity contribution in [1.29, 1.82) is 0 Å². The number of nitrogens with zero attached hydrogens (tertiary/aromatic N) is 2. The molecule has 0 bridgehead atoms. The minimum Gasteiger partial charge on any atom is -0.366 e. The van der Waals surface area contributed by atoms with Gasteiger partial charge in [0.25, 0.3) is 11.5 Å². The van der Waals surface area contributed by atoms with Gasteiger partial charge in [0.05, 0.1) is 0 Å². The summed E-state index contributed by atoms with van der Waals surface area (Å²) < 4.78 is 2.21. The number of H-pyrrole nitrogens is 1. The summed E-state index contributed by atoms with van der Waals surface area (Å²) in [6.07, 6.45) is 5.03. The lowest BCUT2D eigenvalue weighted by atomic mass is 9.98. The van der Waals surface area contributed by atoms with Gasteiger partial charge in [-0.2, -0.15) is 0 Å². The van der Waals surface area contributed by atoms with Gasteiger partial charge in [0, 0.05) is 76.9 Å². The van der Waals surface area contributed by atoms with Gasteiger partial charge in [-0.3, -0.25) is 9.59 Å². The molecule has 0 radical (unpaired) electrons. The number of pyridine rings is 2. The number of aromatic nitrogens is 3. The Morgan fingerprint density at radius 3 is 2.56 bits per heavy atom. The topological polar surface area (TPSA) is 104 Å². The molecule has 1 saturated heterocycles. The number of hydrogen-bond donors (Lipinski definition) is 4. The first-order chi connectivity index (χ1) is 18.6. The lowest BCUT2D eigenvalue weighted by molar-refractivity contribution is 0.0952. The van der Waals surface area contributed by atoms with Gasteiger partial charge in [0.15, 0.2) is 0 Å². The first kappa shape index (κ1) is 26.7. The summed E-state index contributed by atoms with van der Waals surface area (Å²) in [5, 5.41) is 10.9. The summed E-state index contributed by atoms with van der Waals surface area (Å²) in [5.41, 5.74) is 6.56. The molecule has 1 fully saturated rings. The van der Waals surface area contributed by atoms with Crippen molar-refractivity contribution in [3.05, 3.63) is 81.0 Å². The second kappa shape index (κ2) is 10.7. The van der Waals surface area contributed by atoms with Gasteiger partial charge >= 0.3 is 0 Å². The monoisotopic (exact) mass is 526 g/mol. The number of aromatic amines is 1. The molecule has 1 aliphatic rings. The van der Waals surface area contributed by atoms with Gasteiger partial charge in [-0.25, -0.2) is 4.98 Å². The Bertz CT molecular complexity index is 1580. The fourth-order valence-corrected chi connectivity index (χ4v) is 5.63.